The van der Waals surface area contributed by atoms with Crippen molar-refractivity contribution in [2.24, 2.45) is 0 Å². The summed E-state index contributed by atoms with van der Waals surface area (Å²) in [5.41, 5.74) is 1.29. The molecule has 2 atom stereocenters. The fourth-order valence-corrected chi connectivity index (χ4v) is 2.30. The summed E-state index contributed by atoms with van der Waals surface area (Å²) in [5, 5.41) is 3.54. The van der Waals surface area contributed by atoms with Gasteiger partial charge in [-0.05, 0) is 43.9 Å². The number of ether oxygens (including phenoxy) is 2. The van der Waals surface area contributed by atoms with E-state index >= 15 is 0 Å². The fourth-order valence-electron chi connectivity index (χ4n) is 2.30. The SMILES string of the molecule is CCCOc1ccc([C@@H](C)NC[C@H]2CCCO2)cc1. The molecular weight excluding hydrogens is 238 g/mol. The summed E-state index contributed by atoms with van der Waals surface area (Å²) >= 11 is 0. The number of hydrogen-bond donors (Lipinski definition) is 1. The minimum absolute atomic E-state index is 0.351. The molecule has 2 rings (SSSR count). The summed E-state index contributed by atoms with van der Waals surface area (Å²) in [6, 6.07) is 8.73. The van der Waals surface area contributed by atoms with E-state index in [1.165, 1.54) is 18.4 Å². The van der Waals surface area contributed by atoms with Crippen LogP contribution < -0.4 is 10.1 Å². The summed E-state index contributed by atoms with van der Waals surface area (Å²) < 4.78 is 11.2. The van der Waals surface area contributed by atoms with Gasteiger partial charge in [0.15, 0.2) is 0 Å². The first-order valence-corrected chi connectivity index (χ1v) is 7.37. The standard InChI is InChI=1S/C16H25NO2/c1-3-10-18-15-8-6-14(7-9-15)13(2)17-12-16-5-4-11-19-16/h6-9,13,16-17H,3-5,10-12H2,1-2H3/t13-,16-/m1/s1. The molecule has 0 aliphatic carbocycles. The maximum absolute atomic E-state index is 5.62. The molecule has 0 amide bonds. The molecule has 106 valence electrons. The van der Waals surface area contributed by atoms with Gasteiger partial charge < -0.3 is 14.8 Å². The van der Waals surface area contributed by atoms with Crippen molar-refractivity contribution in [2.75, 3.05) is 19.8 Å². The summed E-state index contributed by atoms with van der Waals surface area (Å²) in [6.07, 6.45) is 3.82. The summed E-state index contributed by atoms with van der Waals surface area (Å²) in [7, 11) is 0. The van der Waals surface area contributed by atoms with Crippen LogP contribution in [0.15, 0.2) is 24.3 Å². The molecule has 1 aliphatic rings. The average Bonchev–Trinajstić information content (AvgIpc) is 2.96. The van der Waals surface area contributed by atoms with Crippen LogP contribution in [0.4, 0.5) is 0 Å². The molecule has 3 nitrogen and oxygen atoms in total. The van der Waals surface area contributed by atoms with Crippen LogP contribution in [0.25, 0.3) is 0 Å². The zero-order valence-corrected chi connectivity index (χ0v) is 12.0. The van der Waals surface area contributed by atoms with E-state index in [2.05, 4.69) is 43.4 Å². The molecule has 0 unspecified atom stereocenters. The van der Waals surface area contributed by atoms with Gasteiger partial charge in [-0.25, -0.2) is 0 Å². The van der Waals surface area contributed by atoms with E-state index in [0.717, 1.165) is 31.9 Å². The minimum Gasteiger partial charge on any atom is -0.494 e. The number of benzene rings is 1. The highest BCUT2D eigenvalue weighted by molar-refractivity contribution is 5.28. The Labute approximate surface area is 116 Å². The third-order valence-corrected chi connectivity index (χ3v) is 3.53. The molecule has 0 saturated carbocycles. The van der Waals surface area contributed by atoms with E-state index < -0.39 is 0 Å². The van der Waals surface area contributed by atoms with Gasteiger partial charge in [0.05, 0.1) is 12.7 Å². The second kappa shape index (κ2) is 7.51. The van der Waals surface area contributed by atoms with E-state index in [4.69, 9.17) is 9.47 Å². The Morgan fingerprint density at radius 2 is 2.16 bits per heavy atom. The van der Waals surface area contributed by atoms with E-state index in [0.29, 0.717) is 12.1 Å². The molecule has 0 radical (unpaired) electrons. The molecule has 1 aliphatic heterocycles. The maximum Gasteiger partial charge on any atom is 0.119 e. The van der Waals surface area contributed by atoms with Crippen LogP contribution in [0, 0.1) is 0 Å². The van der Waals surface area contributed by atoms with Crippen molar-refractivity contribution in [3.8, 4) is 5.75 Å². The summed E-state index contributed by atoms with van der Waals surface area (Å²) in [6.45, 7) is 6.95. The van der Waals surface area contributed by atoms with Crippen LogP contribution in [0.3, 0.4) is 0 Å². The number of hydrogen-bond acceptors (Lipinski definition) is 3. The van der Waals surface area contributed by atoms with E-state index in [-0.39, 0.29) is 0 Å². The molecule has 0 aromatic heterocycles. The van der Waals surface area contributed by atoms with Crippen molar-refractivity contribution in [1.29, 1.82) is 0 Å². The fraction of sp³-hybridized carbons (Fsp3) is 0.625. The van der Waals surface area contributed by atoms with Gasteiger partial charge in [-0.15, -0.1) is 0 Å². The maximum atomic E-state index is 5.62. The third kappa shape index (κ3) is 4.51. The smallest absolute Gasteiger partial charge is 0.119 e. The Morgan fingerprint density at radius 3 is 2.79 bits per heavy atom. The highest BCUT2D eigenvalue weighted by Crippen LogP contribution is 2.18. The highest BCUT2D eigenvalue weighted by Gasteiger charge is 2.16. The number of nitrogens with one attached hydrogen (secondary N) is 1. The van der Waals surface area contributed by atoms with Crippen molar-refractivity contribution in [3.05, 3.63) is 29.8 Å². The van der Waals surface area contributed by atoms with Crippen LogP contribution in [0.1, 0.15) is 44.7 Å². The lowest BCUT2D eigenvalue weighted by Gasteiger charge is -2.17. The molecule has 0 spiro atoms. The van der Waals surface area contributed by atoms with Crippen molar-refractivity contribution < 1.29 is 9.47 Å². The molecule has 1 heterocycles. The molecule has 1 aromatic rings. The van der Waals surface area contributed by atoms with Crippen molar-refractivity contribution in [3.63, 3.8) is 0 Å². The molecule has 1 saturated heterocycles. The van der Waals surface area contributed by atoms with E-state index in [9.17, 15) is 0 Å². The second-order valence-corrected chi connectivity index (χ2v) is 5.18. The molecule has 1 fully saturated rings. The normalized spacial score (nSPS) is 20.4. The monoisotopic (exact) mass is 263 g/mol. The first-order valence-electron chi connectivity index (χ1n) is 7.37. The third-order valence-electron chi connectivity index (χ3n) is 3.53. The van der Waals surface area contributed by atoms with Crippen molar-refractivity contribution >= 4 is 0 Å². The zero-order chi connectivity index (χ0) is 13.5. The van der Waals surface area contributed by atoms with Gasteiger partial charge in [-0.2, -0.15) is 0 Å². The average molecular weight is 263 g/mol. The Hall–Kier alpha value is -1.06. The van der Waals surface area contributed by atoms with Gasteiger partial charge >= 0.3 is 0 Å². The zero-order valence-electron chi connectivity index (χ0n) is 12.0. The Kier molecular flexibility index (Phi) is 5.67. The first kappa shape index (κ1) is 14.4. The van der Waals surface area contributed by atoms with Gasteiger partial charge in [-0.1, -0.05) is 19.1 Å². The molecule has 1 aromatic carbocycles. The van der Waals surface area contributed by atoms with Crippen LogP contribution in [0.2, 0.25) is 0 Å². The Bertz CT molecular complexity index is 358. The molecular formula is C16H25NO2. The summed E-state index contributed by atoms with van der Waals surface area (Å²) in [4.78, 5) is 0. The minimum atomic E-state index is 0.351. The van der Waals surface area contributed by atoms with Gasteiger partial charge in [0.25, 0.3) is 0 Å². The molecule has 3 heteroatoms. The lowest BCUT2D eigenvalue weighted by Crippen LogP contribution is -2.28. The first-order chi connectivity index (χ1) is 9.29. The van der Waals surface area contributed by atoms with Crippen molar-refractivity contribution in [2.45, 2.75) is 45.3 Å². The quantitative estimate of drug-likeness (QED) is 0.818. The van der Waals surface area contributed by atoms with Gasteiger partial charge in [-0.3, -0.25) is 0 Å². The predicted octanol–water partition coefficient (Wildman–Crippen LogP) is 3.31. The van der Waals surface area contributed by atoms with E-state index in [1.54, 1.807) is 0 Å². The van der Waals surface area contributed by atoms with Gasteiger partial charge in [0.1, 0.15) is 5.75 Å². The molecule has 1 N–H and O–H groups in total. The van der Waals surface area contributed by atoms with E-state index in [1.807, 2.05) is 0 Å². The van der Waals surface area contributed by atoms with Gasteiger partial charge in [0.2, 0.25) is 0 Å². The van der Waals surface area contributed by atoms with Crippen molar-refractivity contribution in [1.82, 2.24) is 5.32 Å². The Balaban J connectivity index is 1.79. The predicted molar refractivity (Wildman–Crippen MR) is 77.6 cm³/mol. The van der Waals surface area contributed by atoms with Crippen LogP contribution in [-0.4, -0.2) is 25.9 Å². The number of rotatable bonds is 7. The Morgan fingerprint density at radius 1 is 1.37 bits per heavy atom. The van der Waals surface area contributed by atoms with Crippen LogP contribution in [0.5, 0.6) is 5.75 Å². The largest absolute Gasteiger partial charge is 0.494 e. The van der Waals surface area contributed by atoms with Crippen LogP contribution in [-0.2, 0) is 4.74 Å². The van der Waals surface area contributed by atoms with Crippen LogP contribution >= 0.6 is 0 Å². The molecule has 0 bridgehead atoms. The highest BCUT2D eigenvalue weighted by atomic mass is 16.5. The van der Waals surface area contributed by atoms with Gasteiger partial charge in [0, 0.05) is 19.2 Å². The summed E-state index contributed by atoms with van der Waals surface area (Å²) in [5.74, 6) is 0.955. The second-order valence-electron chi connectivity index (χ2n) is 5.18. The molecule has 19 heavy (non-hydrogen) atoms. The topological polar surface area (TPSA) is 30.5 Å². The lowest BCUT2D eigenvalue weighted by molar-refractivity contribution is 0.108. The lowest BCUT2D eigenvalue weighted by atomic mass is 10.1.